The van der Waals surface area contributed by atoms with E-state index in [1.165, 1.54) is 12.0 Å². The van der Waals surface area contributed by atoms with Gasteiger partial charge in [0.25, 0.3) is 11.7 Å². The number of hydrogen-bond acceptors (Lipinski definition) is 7. The van der Waals surface area contributed by atoms with Gasteiger partial charge in [0.15, 0.2) is 11.5 Å². The van der Waals surface area contributed by atoms with E-state index < -0.39 is 17.7 Å². The highest BCUT2D eigenvalue weighted by Crippen LogP contribution is 2.43. The van der Waals surface area contributed by atoms with E-state index in [4.69, 9.17) is 14.2 Å². The predicted octanol–water partition coefficient (Wildman–Crippen LogP) is 5.61. The highest BCUT2D eigenvalue weighted by atomic mass is 16.5. The summed E-state index contributed by atoms with van der Waals surface area (Å²) >= 11 is 0. The third-order valence-corrected chi connectivity index (χ3v) is 7.53. The average Bonchev–Trinajstić information content (AvgIpc) is 3.51. The van der Waals surface area contributed by atoms with E-state index in [-0.39, 0.29) is 24.0 Å². The van der Waals surface area contributed by atoms with Crippen molar-refractivity contribution < 1.29 is 28.9 Å². The summed E-state index contributed by atoms with van der Waals surface area (Å²) in [6.07, 6.45) is 4.01. The first-order chi connectivity index (χ1) is 20.4. The SMILES string of the molecule is COc1cc(C2C(=C(O)c3ccc4c(c3)CC(C)O4)C(=O)C(=O)N2Cc2cccnc2)ccc1OCc1ccccc1. The van der Waals surface area contributed by atoms with Crippen LogP contribution in [0.15, 0.2) is 96.8 Å². The van der Waals surface area contributed by atoms with Crippen LogP contribution in [0, 0.1) is 0 Å². The van der Waals surface area contributed by atoms with Crippen molar-refractivity contribution in [3.05, 3.63) is 125 Å². The zero-order chi connectivity index (χ0) is 29.2. The maximum Gasteiger partial charge on any atom is 0.295 e. The van der Waals surface area contributed by atoms with Crippen molar-refractivity contribution in [2.24, 2.45) is 0 Å². The molecule has 2 atom stereocenters. The fraction of sp³-hybridized carbons (Fsp3) is 0.206. The van der Waals surface area contributed by atoms with Gasteiger partial charge in [-0.3, -0.25) is 14.6 Å². The zero-order valence-electron chi connectivity index (χ0n) is 23.3. The second-order valence-corrected chi connectivity index (χ2v) is 10.4. The fourth-order valence-corrected chi connectivity index (χ4v) is 5.51. The molecule has 6 rings (SSSR count). The minimum absolute atomic E-state index is 0.0100. The first-order valence-corrected chi connectivity index (χ1v) is 13.7. The topological polar surface area (TPSA) is 98.2 Å². The number of Topliss-reactive ketones (excluding diaryl/α,β-unsaturated/α-hetero) is 1. The number of benzene rings is 3. The summed E-state index contributed by atoms with van der Waals surface area (Å²) in [4.78, 5) is 32.7. The van der Waals surface area contributed by atoms with Gasteiger partial charge in [-0.05, 0) is 65.6 Å². The van der Waals surface area contributed by atoms with Crippen LogP contribution in [0.4, 0.5) is 0 Å². The molecule has 1 fully saturated rings. The standard InChI is InChI=1S/C34H30N2O6/c1-21-15-26-16-25(11-12-27(26)42-21)32(37)30-31(36(34(39)33(30)38)19-23-9-6-14-35-18-23)24-10-13-28(29(17-24)40-2)41-20-22-7-4-3-5-8-22/h3-14,16-18,21,31,37H,15,19-20H2,1-2H3. The molecular weight excluding hydrogens is 532 g/mol. The lowest BCUT2D eigenvalue weighted by atomic mass is 9.94. The normalized spacial score (nSPS) is 19.0. The lowest BCUT2D eigenvalue weighted by Crippen LogP contribution is -2.29. The number of ketones is 1. The van der Waals surface area contributed by atoms with Crippen molar-refractivity contribution in [1.82, 2.24) is 9.88 Å². The number of methoxy groups -OCH3 is 1. The quantitative estimate of drug-likeness (QED) is 0.169. The minimum Gasteiger partial charge on any atom is -0.507 e. The first kappa shape index (κ1) is 27.1. The molecule has 0 aliphatic carbocycles. The number of ether oxygens (including phenoxy) is 3. The smallest absolute Gasteiger partial charge is 0.295 e. The lowest BCUT2D eigenvalue weighted by Gasteiger charge is -2.26. The number of pyridine rings is 1. The summed E-state index contributed by atoms with van der Waals surface area (Å²) in [6, 6.07) is 23.1. The van der Waals surface area contributed by atoms with Crippen LogP contribution in [-0.4, -0.2) is 39.9 Å². The van der Waals surface area contributed by atoms with E-state index >= 15 is 0 Å². The lowest BCUT2D eigenvalue weighted by molar-refractivity contribution is -0.140. The van der Waals surface area contributed by atoms with Gasteiger partial charge in [-0.15, -0.1) is 0 Å². The van der Waals surface area contributed by atoms with Gasteiger partial charge in [0.2, 0.25) is 0 Å². The van der Waals surface area contributed by atoms with Crippen molar-refractivity contribution >= 4 is 17.4 Å². The molecule has 8 heteroatoms. The number of aliphatic hydroxyl groups excluding tert-OH is 1. The van der Waals surface area contributed by atoms with Crippen LogP contribution in [0.1, 0.15) is 40.8 Å². The molecule has 2 aliphatic heterocycles. The van der Waals surface area contributed by atoms with Crippen LogP contribution in [-0.2, 0) is 29.2 Å². The molecular formula is C34H30N2O6. The number of rotatable bonds is 8. The average molecular weight is 563 g/mol. The van der Waals surface area contributed by atoms with Crippen LogP contribution >= 0.6 is 0 Å². The summed E-state index contributed by atoms with van der Waals surface area (Å²) in [5.74, 6) is 0.0177. The second kappa shape index (κ2) is 11.4. The van der Waals surface area contributed by atoms with Gasteiger partial charge in [0.1, 0.15) is 24.2 Å². The molecule has 1 saturated heterocycles. The summed E-state index contributed by atoms with van der Waals surface area (Å²) in [5, 5.41) is 11.6. The molecule has 0 spiro atoms. The van der Waals surface area contributed by atoms with Gasteiger partial charge in [-0.1, -0.05) is 42.5 Å². The Bertz CT molecular complexity index is 1670. The van der Waals surface area contributed by atoms with Crippen molar-refractivity contribution in [3.8, 4) is 17.2 Å². The van der Waals surface area contributed by atoms with E-state index in [0.29, 0.717) is 35.7 Å². The maximum atomic E-state index is 13.6. The minimum atomic E-state index is -0.870. The van der Waals surface area contributed by atoms with E-state index in [1.807, 2.05) is 49.4 Å². The summed E-state index contributed by atoms with van der Waals surface area (Å²) in [6.45, 7) is 2.45. The van der Waals surface area contributed by atoms with E-state index in [2.05, 4.69) is 4.98 Å². The Morgan fingerprint density at radius 3 is 2.57 bits per heavy atom. The monoisotopic (exact) mass is 562 g/mol. The molecule has 3 heterocycles. The van der Waals surface area contributed by atoms with Crippen LogP contribution in [0.25, 0.3) is 5.76 Å². The molecule has 4 aromatic rings. The summed E-state index contributed by atoms with van der Waals surface area (Å²) in [5.41, 5.74) is 3.75. The Morgan fingerprint density at radius 1 is 1.00 bits per heavy atom. The van der Waals surface area contributed by atoms with Gasteiger partial charge in [-0.2, -0.15) is 0 Å². The number of likely N-dealkylation sites (tertiary alicyclic amines) is 1. The highest BCUT2D eigenvalue weighted by molar-refractivity contribution is 6.46. The van der Waals surface area contributed by atoms with Gasteiger partial charge in [0, 0.05) is 30.9 Å². The third-order valence-electron chi connectivity index (χ3n) is 7.53. The molecule has 0 radical (unpaired) electrons. The zero-order valence-corrected chi connectivity index (χ0v) is 23.3. The fourth-order valence-electron chi connectivity index (χ4n) is 5.51. The molecule has 2 aliphatic rings. The van der Waals surface area contributed by atoms with E-state index in [1.54, 1.807) is 48.8 Å². The number of aliphatic hydroxyl groups is 1. The Balaban J connectivity index is 1.41. The molecule has 42 heavy (non-hydrogen) atoms. The number of aromatic nitrogens is 1. The van der Waals surface area contributed by atoms with Gasteiger partial charge >= 0.3 is 0 Å². The largest absolute Gasteiger partial charge is 0.507 e. The molecule has 1 N–H and O–H groups in total. The Kier molecular flexibility index (Phi) is 7.35. The second-order valence-electron chi connectivity index (χ2n) is 10.4. The van der Waals surface area contributed by atoms with E-state index in [0.717, 1.165) is 22.4 Å². The van der Waals surface area contributed by atoms with Gasteiger partial charge in [0.05, 0.1) is 18.7 Å². The number of carbonyl (C=O) groups excluding carboxylic acids is 2. The van der Waals surface area contributed by atoms with Crippen LogP contribution in [0.2, 0.25) is 0 Å². The molecule has 212 valence electrons. The predicted molar refractivity (Wildman–Crippen MR) is 156 cm³/mol. The van der Waals surface area contributed by atoms with Crippen molar-refractivity contribution in [2.45, 2.75) is 38.6 Å². The first-order valence-electron chi connectivity index (χ1n) is 13.7. The van der Waals surface area contributed by atoms with Crippen molar-refractivity contribution in [2.75, 3.05) is 7.11 Å². The summed E-state index contributed by atoms with van der Waals surface area (Å²) < 4.78 is 17.5. The maximum absolute atomic E-state index is 13.6. The van der Waals surface area contributed by atoms with Gasteiger partial charge in [-0.25, -0.2) is 0 Å². The Labute approximate surface area is 243 Å². The molecule has 3 aromatic carbocycles. The van der Waals surface area contributed by atoms with Crippen LogP contribution in [0.5, 0.6) is 17.2 Å². The number of amides is 1. The Hall–Kier alpha value is -5.11. The molecule has 2 unspecified atom stereocenters. The van der Waals surface area contributed by atoms with Gasteiger partial charge < -0.3 is 24.2 Å². The highest BCUT2D eigenvalue weighted by Gasteiger charge is 2.46. The molecule has 1 amide bonds. The van der Waals surface area contributed by atoms with Crippen LogP contribution < -0.4 is 14.2 Å². The summed E-state index contributed by atoms with van der Waals surface area (Å²) in [7, 11) is 1.54. The number of carbonyl (C=O) groups is 2. The molecule has 0 bridgehead atoms. The number of fused-ring (bicyclic) bond motifs is 1. The third kappa shape index (κ3) is 5.19. The number of hydrogen-bond donors (Lipinski definition) is 1. The van der Waals surface area contributed by atoms with E-state index in [9.17, 15) is 14.7 Å². The van der Waals surface area contributed by atoms with Crippen molar-refractivity contribution in [1.29, 1.82) is 0 Å². The molecule has 8 nitrogen and oxygen atoms in total. The van der Waals surface area contributed by atoms with Crippen molar-refractivity contribution in [3.63, 3.8) is 0 Å². The van der Waals surface area contributed by atoms with Crippen LogP contribution in [0.3, 0.4) is 0 Å². The Morgan fingerprint density at radius 2 is 1.81 bits per heavy atom. The number of nitrogens with zero attached hydrogens (tertiary/aromatic N) is 2. The molecule has 1 aromatic heterocycles. The molecule has 0 saturated carbocycles.